The average Bonchev–Trinajstić information content (AvgIpc) is 2.63. The van der Waals surface area contributed by atoms with E-state index in [9.17, 15) is 9.18 Å². The summed E-state index contributed by atoms with van der Waals surface area (Å²) in [5.41, 5.74) is 1.23. The molecule has 3 rings (SSSR count). The van der Waals surface area contributed by atoms with E-state index in [1.807, 2.05) is 13.0 Å². The van der Waals surface area contributed by atoms with Crippen molar-refractivity contribution < 1.29 is 13.9 Å². The lowest BCUT2D eigenvalue weighted by Gasteiger charge is -2.21. The van der Waals surface area contributed by atoms with E-state index in [-0.39, 0.29) is 18.3 Å². The van der Waals surface area contributed by atoms with Crippen molar-refractivity contribution in [2.24, 2.45) is 0 Å². The highest BCUT2D eigenvalue weighted by atomic mass is 35.5. The van der Waals surface area contributed by atoms with E-state index < -0.39 is 0 Å². The molecule has 0 aliphatic rings. The predicted octanol–water partition coefficient (Wildman–Crippen LogP) is 4.46. The van der Waals surface area contributed by atoms with Crippen LogP contribution in [0.5, 0.6) is 5.75 Å². The molecule has 0 saturated carbocycles. The van der Waals surface area contributed by atoms with Crippen LogP contribution in [0.25, 0.3) is 10.9 Å². The van der Waals surface area contributed by atoms with Gasteiger partial charge in [0.25, 0.3) is 5.91 Å². The van der Waals surface area contributed by atoms with Gasteiger partial charge in [0.1, 0.15) is 17.1 Å². The van der Waals surface area contributed by atoms with Gasteiger partial charge in [-0.3, -0.25) is 9.78 Å². The maximum atomic E-state index is 13.1. The maximum Gasteiger partial charge on any atom is 0.264 e. The summed E-state index contributed by atoms with van der Waals surface area (Å²) in [5, 5.41) is 1.34. The number of halogens is 2. The molecule has 6 heteroatoms. The Kier molecular flexibility index (Phi) is 5.14. The monoisotopic (exact) mass is 358 g/mol. The number of amides is 1. The third-order valence-corrected chi connectivity index (χ3v) is 4.12. The van der Waals surface area contributed by atoms with Gasteiger partial charge < -0.3 is 9.64 Å². The summed E-state index contributed by atoms with van der Waals surface area (Å²) in [6.45, 7) is 2.15. The summed E-state index contributed by atoms with van der Waals surface area (Å²) in [4.78, 5) is 18.3. The Balaban J connectivity index is 1.78. The number of aromatic nitrogens is 1. The third kappa shape index (κ3) is 3.72. The number of anilines is 1. The van der Waals surface area contributed by atoms with Crippen LogP contribution in [0.2, 0.25) is 5.02 Å². The minimum absolute atomic E-state index is 0.154. The number of pyridine rings is 1. The fraction of sp³-hybridized carbons (Fsp3) is 0.158. The minimum Gasteiger partial charge on any atom is -0.481 e. The fourth-order valence-corrected chi connectivity index (χ4v) is 2.79. The van der Waals surface area contributed by atoms with Gasteiger partial charge in [0.2, 0.25) is 0 Å². The second kappa shape index (κ2) is 7.49. The molecule has 0 saturated heterocycles. The Morgan fingerprint density at radius 2 is 1.96 bits per heavy atom. The Morgan fingerprint density at radius 3 is 2.68 bits per heavy atom. The lowest BCUT2D eigenvalue weighted by atomic mass is 10.2. The standard InChI is InChI=1S/C19H16ClFN2O2/c1-2-23(14-7-5-13(21)6-8-14)18(24)12-25-17-10-9-16(20)15-4-3-11-22-19(15)17/h3-11H,2,12H2,1H3. The van der Waals surface area contributed by atoms with Gasteiger partial charge in [0, 0.05) is 23.8 Å². The zero-order valence-corrected chi connectivity index (χ0v) is 14.3. The van der Waals surface area contributed by atoms with Gasteiger partial charge in [-0.15, -0.1) is 0 Å². The zero-order chi connectivity index (χ0) is 17.8. The second-order valence-corrected chi connectivity index (χ2v) is 5.76. The van der Waals surface area contributed by atoms with Crippen LogP contribution in [0.15, 0.2) is 54.7 Å². The molecule has 1 amide bonds. The summed E-state index contributed by atoms with van der Waals surface area (Å²) < 4.78 is 18.7. The molecule has 3 aromatic rings. The topological polar surface area (TPSA) is 42.4 Å². The summed E-state index contributed by atoms with van der Waals surface area (Å²) in [6, 6.07) is 12.8. The number of carbonyl (C=O) groups excluding carboxylic acids is 1. The molecular formula is C19H16ClFN2O2. The van der Waals surface area contributed by atoms with Crippen LogP contribution in [-0.2, 0) is 4.79 Å². The van der Waals surface area contributed by atoms with Gasteiger partial charge in [0.05, 0.1) is 5.02 Å². The molecule has 0 unspecified atom stereocenters. The Labute approximate surface area is 149 Å². The lowest BCUT2D eigenvalue weighted by molar-refractivity contribution is -0.120. The molecule has 0 spiro atoms. The summed E-state index contributed by atoms with van der Waals surface area (Å²) in [6.07, 6.45) is 1.64. The SMILES string of the molecule is CCN(C(=O)COc1ccc(Cl)c2cccnc12)c1ccc(F)cc1. The van der Waals surface area contributed by atoms with E-state index in [1.165, 1.54) is 17.0 Å². The van der Waals surface area contributed by atoms with E-state index in [1.54, 1.807) is 36.5 Å². The molecule has 25 heavy (non-hydrogen) atoms. The predicted molar refractivity (Wildman–Crippen MR) is 96.7 cm³/mol. The van der Waals surface area contributed by atoms with Crippen molar-refractivity contribution in [1.29, 1.82) is 0 Å². The average molecular weight is 359 g/mol. The van der Waals surface area contributed by atoms with E-state index >= 15 is 0 Å². The number of hydrogen-bond donors (Lipinski definition) is 0. The highest BCUT2D eigenvalue weighted by molar-refractivity contribution is 6.35. The quantitative estimate of drug-likeness (QED) is 0.676. The van der Waals surface area contributed by atoms with E-state index in [4.69, 9.17) is 16.3 Å². The number of fused-ring (bicyclic) bond motifs is 1. The molecule has 0 radical (unpaired) electrons. The lowest BCUT2D eigenvalue weighted by Crippen LogP contribution is -2.34. The van der Waals surface area contributed by atoms with Gasteiger partial charge in [0.15, 0.2) is 6.61 Å². The zero-order valence-electron chi connectivity index (χ0n) is 13.6. The van der Waals surface area contributed by atoms with Crippen molar-refractivity contribution in [1.82, 2.24) is 4.98 Å². The molecule has 4 nitrogen and oxygen atoms in total. The Bertz CT molecular complexity index is 900. The second-order valence-electron chi connectivity index (χ2n) is 5.35. The van der Waals surface area contributed by atoms with Crippen LogP contribution in [0.1, 0.15) is 6.92 Å². The van der Waals surface area contributed by atoms with Gasteiger partial charge in [-0.05, 0) is 55.5 Å². The van der Waals surface area contributed by atoms with E-state index in [2.05, 4.69) is 4.98 Å². The summed E-state index contributed by atoms with van der Waals surface area (Å²) >= 11 is 6.16. The first-order valence-electron chi connectivity index (χ1n) is 7.82. The number of carbonyl (C=O) groups is 1. The van der Waals surface area contributed by atoms with Crippen molar-refractivity contribution in [2.45, 2.75) is 6.92 Å². The smallest absolute Gasteiger partial charge is 0.264 e. The van der Waals surface area contributed by atoms with Gasteiger partial charge in [-0.2, -0.15) is 0 Å². The first-order valence-corrected chi connectivity index (χ1v) is 8.20. The van der Waals surface area contributed by atoms with Gasteiger partial charge >= 0.3 is 0 Å². The molecule has 0 N–H and O–H groups in total. The van der Waals surface area contributed by atoms with Gasteiger partial charge in [-0.25, -0.2) is 4.39 Å². The minimum atomic E-state index is -0.345. The fourth-order valence-electron chi connectivity index (χ4n) is 2.57. The van der Waals surface area contributed by atoms with Crippen molar-refractivity contribution in [3.8, 4) is 5.75 Å². The van der Waals surface area contributed by atoms with Crippen molar-refractivity contribution >= 4 is 34.1 Å². The van der Waals surface area contributed by atoms with Crippen molar-refractivity contribution in [2.75, 3.05) is 18.1 Å². The largest absolute Gasteiger partial charge is 0.481 e. The molecule has 0 atom stereocenters. The molecule has 1 aromatic heterocycles. The first kappa shape index (κ1) is 17.2. The van der Waals surface area contributed by atoms with Crippen LogP contribution in [0.4, 0.5) is 10.1 Å². The van der Waals surface area contributed by atoms with Crippen LogP contribution < -0.4 is 9.64 Å². The molecule has 1 heterocycles. The first-order chi connectivity index (χ1) is 12.1. The number of nitrogens with zero attached hydrogens (tertiary/aromatic N) is 2. The highest BCUT2D eigenvalue weighted by Gasteiger charge is 2.16. The molecular weight excluding hydrogens is 343 g/mol. The van der Waals surface area contributed by atoms with Crippen molar-refractivity contribution in [3.63, 3.8) is 0 Å². The Morgan fingerprint density at radius 1 is 1.20 bits per heavy atom. The number of likely N-dealkylation sites (N-methyl/N-ethyl adjacent to an activating group) is 1. The number of rotatable bonds is 5. The van der Waals surface area contributed by atoms with Gasteiger partial charge in [-0.1, -0.05) is 11.6 Å². The normalized spacial score (nSPS) is 10.7. The summed E-state index contributed by atoms with van der Waals surface area (Å²) in [5.74, 6) is -0.0844. The van der Waals surface area contributed by atoms with E-state index in [0.717, 1.165) is 5.39 Å². The molecule has 0 aliphatic carbocycles. The van der Waals surface area contributed by atoms with Crippen LogP contribution in [0, 0.1) is 5.82 Å². The maximum absolute atomic E-state index is 13.1. The third-order valence-electron chi connectivity index (χ3n) is 3.79. The highest BCUT2D eigenvalue weighted by Crippen LogP contribution is 2.29. The molecule has 2 aromatic carbocycles. The van der Waals surface area contributed by atoms with Crippen LogP contribution in [-0.4, -0.2) is 24.0 Å². The number of hydrogen-bond acceptors (Lipinski definition) is 3. The summed E-state index contributed by atoms with van der Waals surface area (Å²) in [7, 11) is 0. The number of ether oxygens (including phenoxy) is 1. The Hall–Kier alpha value is -2.66. The van der Waals surface area contributed by atoms with Crippen LogP contribution in [0.3, 0.4) is 0 Å². The molecule has 128 valence electrons. The van der Waals surface area contributed by atoms with Crippen molar-refractivity contribution in [3.05, 3.63) is 65.6 Å². The molecule has 0 bridgehead atoms. The molecule has 0 fully saturated rings. The van der Waals surface area contributed by atoms with E-state index in [0.29, 0.717) is 28.5 Å². The molecule has 0 aliphatic heterocycles. The van der Waals surface area contributed by atoms with Crippen LogP contribution >= 0.6 is 11.6 Å². The number of benzene rings is 2.